The summed E-state index contributed by atoms with van der Waals surface area (Å²) in [5, 5.41) is 14.0. The molecule has 3 aromatic carbocycles. The van der Waals surface area contributed by atoms with E-state index in [0.29, 0.717) is 19.6 Å². The Morgan fingerprint density at radius 3 is 2.48 bits per heavy atom. The van der Waals surface area contributed by atoms with Gasteiger partial charge in [-0.05, 0) is 40.6 Å². The maximum atomic E-state index is 12.2. The van der Waals surface area contributed by atoms with Gasteiger partial charge in [0.25, 0.3) is 5.91 Å². The zero-order valence-electron chi connectivity index (χ0n) is 16.8. The lowest BCUT2D eigenvalue weighted by Crippen LogP contribution is -2.51. The molecule has 1 saturated heterocycles. The summed E-state index contributed by atoms with van der Waals surface area (Å²) in [4.78, 5) is 38.2. The molecule has 156 valence electrons. The minimum Gasteiger partial charge on any atom is -0.465 e. The number of rotatable bonds is 4. The summed E-state index contributed by atoms with van der Waals surface area (Å²) >= 11 is 0. The third kappa shape index (κ3) is 3.48. The number of carboxylic acid groups (broad SMARTS) is 1. The maximum Gasteiger partial charge on any atom is 0.407 e. The first-order chi connectivity index (χ1) is 15.0. The van der Waals surface area contributed by atoms with Crippen LogP contribution in [0.25, 0.3) is 10.8 Å². The van der Waals surface area contributed by atoms with Crippen molar-refractivity contribution in [1.82, 2.24) is 9.80 Å². The first-order valence-corrected chi connectivity index (χ1v) is 10.2. The Kier molecular flexibility index (Phi) is 4.58. The van der Waals surface area contributed by atoms with Crippen molar-refractivity contribution in [1.29, 1.82) is 0 Å². The van der Waals surface area contributed by atoms with Crippen molar-refractivity contribution in [3.63, 3.8) is 0 Å². The highest BCUT2D eigenvalue weighted by Crippen LogP contribution is 2.35. The first kappa shape index (κ1) is 19.1. The highest BCUT2D eigenvalue weighted by atomic mass is 16.4. The molecular formula is C24H21N3O4. The molecule has 7 nitrogen and oxygen atoms in total. The fraction of sp³-hybridized carbons (Fsp3) is 0.208. The van der Waals surface area contributed by atoms with E-state index >= 15 is 0 Å². The van der Waals surface area contributed by atoms with Crippen LogP contribution in [-0.4, -0.2) is 52.4 Å². The van der Waals surface area contributed by atoms with E-state index in [-0.39, 0.29) is 18.4 Å². The molecule has 0 aliphatic carbocycles. The number of anilines is 1. The molecule has 7 heteroatoms. The van der Waals surface area contributed by atoms with Gasteiger partial charge < -0.3 is 15.3 Å². The van der Waals surface area contributed by atoms with Gasteiger partial charge >= 0.3 is 6.09 Å². The van der Waals surface area contributed by atoms with Crippen LogP contribution in [0.2, 0.25) is 0 Å². The summed E-state index contributed by atoms with van der Waals surface area (Å²) in [6, 6.07) is 18.0. The monoisotopic (exact) mass is 415 g/mol. The van der Waals surface area contributed by atoms with Gasteiger partial charge in [-0.25, -0.2) is 4.79 Å². The van der Waals surface area contributed by atoms with Gasteiger partial charge in [-0.1, -0.05) is 42.5 Å². The minimum absolute atomic E-state index is 0.0548. The predicted molar refractivity (Wildman–Crippen MR) is 116 cm³/mol. The molecule has 3 amide bonds. The summed E-state index contributed by atoms with van der Waals surface area (Å²) in [6.07, 6.45) is -0.314. The van der Waals surface area contributed by atoms with Crippen molar-refractivity contribution in [2.75, 3.05) is 25.0 Å². The van der Waals surface area contributed by atoms with E-state index in [2.05, 4.69) is 29.6 Å². The lowest BCUT2D eigenvalue weighted by atomic mass is 9.95. The quantitative estimate of drug-likeness (QED) is 0.684. The number of amides is 3. The van der Waals surface area contributed by atoms with E-state index in [9.17, 15) is 14.4 Å². The molecule has 0 atom stereocenters. The van der Waals surface area contributed by atoms with Crippen molar-refractivity contribution in [3.8, 4) is 0 Å². The summed E-state index contributed by atoms with van der Waals surface area (Å²) in [7, 11) is 0. The van der Waals surface area contributed by atoms with Gasteiger partial charge in [-0.15, -0.1) is 0 Å². The molecular weight excluding hydrogens is 394 g/mol. The Balaban J connectivity index is 1.31. The number of nitrogens with one attached hydrogen (secondary N) is 1. The van der Waals surface area contributed by atoms with Crippen LogP contribution in [0.4, 0.5) is 10.5 Å². The fourth-order valence-electron chi connectivity index (χ4n) is 4.35. The number of hydrogen-bond acceptors (Lipinski definition) is 3. The molecule has 0 spiro atoms. The van der Waals surface area contributed by atoms with Gasteiger partial charge in [-0.2, -0.15) is 0 Å². The molecule has 0 bridgehead atoms. The second kappa shape index (κ2) is 7.43. The van der Waals surface area contributed by atoms with Crippen LogP contribution in [0, 0.1) is 0 Å². The van der Waals surface area contributed by atoms with Gasteiger partial charge in [0.1, 0.15) is 6.54 Å². The number of carbonyl (C=O) groups is 3. The first-order valence-electron chi connectivity index (χ1n) is 10.2. The highest BCUT2D eigenvalue weighted by molar-refractivity contribution is 6.24. The molecule has 0 unspecified atom stereocenters. The van der Waals surface area contributed by atoms with Crippen LogP contribution >= 0.6 is 0 Å². The molecule has 2 aliphatic heterocycles. The van der Waals surface area contributed by atoms with E-state index < -0.39 is 6.09 Å². The molecule has 0 aromatic heterocycles. The lowest BCUT2D eigenvalue weighted by Gasteiger charge is -2.32. The predicted octanol–water partition coefficient (Wildman–Crippen LogP) is 3.32. The van der Waals surface area contributed by atoms with Gasteiger partial charge in [0, 0.05) is 36.3 Å². The van der Waals surface area contributed by atoms with E-state index in [4.69, 9.17) is 5.11 Å². The third-order valence-corrected chi connectivity index (χ3v) is 6.00. The molecule has 0 saturated carbocycles. The van der Waals surface area contributed by atoms with Crippen LogP contribution < -0.4 is 5.32 Å². The number of nitrogens with zero attached hydrogens (tertiary/aromatic N) is 2. The Hall–Kier alpha value is -3.87. The van der Waals surface area contributed by atoms with E-state index in [0.717, 1.165) is 50.0 Å². The van der Waals surface area contributed by atoms with Crippen LogP contribution in [0.1, 0.15) is 27.0 Å². The molecule has 2 aliphatic rings. The van der Waals surface area contributed by atoms with Gasteiger partial charge in [0.15, 0.2) is 0 Å². The van der Waals surface area contributed by atoms with Gasteiger partial charge in [0.05, 0.1) is 0 Å². The zero-order valence-corrected chi connectivity index (χ0v) is 16.8. The highest BCUT2D eigenvalue weighted by Gasteiger charge is 2.26. The fourth-order valence-corrected chi connectivity index (χ4v) is 4.35. The van der Waals surface area contributed by atoms with E-state index in [1.165, 1.54) is 0 Å². The Labute approximate surface area is 178 Å². The summed E-state index contributed by atoms with van der Waals surface area (Å²) in [6.45, 7) is 1.12. The summed E-state index contributed by atoms with van der Waals surface area (Å²) < 4.78 is 0. The second-order valence-corrected chi connectivity index (χ2v) is 7.97. The molecule has 0 radical (unpaired) electrons. The van der Waals surface area contributed by atoms with Crippen LogP contribution in [0.3, 0.4) is 0 Å². The Morgan fingerprint density at radius 2 is 1.74 bits per heavy atom. The number of piperazine rings is 1. The van der Waals surface area contributed by atoms with E-state index in [1.807, 2.05) is 30.3 Å². The smallest absolute Gasteiger partial charge is 0.407 e. The Morgan fingerprint density at radius 1 is 0.968 bits per heavy atom. The molecule has 31 heavy (non-hydrogen) atoms. The molecule has 2 heterocycles. The normalized spacial score (nSPS) is 15.5. The summed E-state index contributed by atoms with van der Waals surface area (Å²) in [5.74, 6) is -0.227. The molecule has 5 rings (SSSR count). The Bertz CT molecular complexity index is 1220. The van der Waals surface area contributed by atoms with Crippen LogP contribution in [0.5, 0.6) is 0 Å². The standard InChI is InChI=1S/C24H21N3O4/c28-21-14-27(24(30)31)11-10-26(21)13-16-6-4-15(5-7-16)12-17-8-9-20-22-18(17)2-1-3-19(22)23(29)25-20/h1-9H,10-14H2,(H,25,29)(H,30,31). The zero-order chi connectivity index (χ0) is 21.5. The summed E-state index contributed by atoms with van der Waals surface area (Å²) in [5.41, 5.74) is 4.89. The SMILES string of the molecule is O=C1Nc2ccc(Cc3ccc(CN4CCN(C(=O)O)CC4=O)cc3)c3cccc1c23. The van der Waals surface area contributed by atoms with Crippen molar-refractivity contribution >= 4 is 34.4 Å². The molecule has 2 N–H and O–H groups in total. The maximum absolute atomic E-state index is 12.2. The minimum atomic E-state index is -1.06. The van der Waals surface area contributed by atoms with E-state index in [1.54, 1.807) is 4.90 Å². The average molecular weight is 415 g/mol. The number of hydrogen-bond donors (Lipinski definition) is 2. The van der Waals surface area contributed by atoms with Crippen LogP contribution in [-0.2, 0) is 17.8 Å². The third-order valence-electron chi connectivity index (χ3n) is 6.00. The van der Waals surface area contributed by atoms with Crippen LogP contribution in [0.15, 0.2) is 54.6 Å². The number of benzene rings is 3. The second-order valence-electron chi connectivity index (χ2n) is 7.97. The average Bonchev–Trinajstić information content (AvgIpc) is 3.10. The molecule has 3 aromatic rings. The van der Waals surface area contributed by atoms with Gasteiger partial charge in [0.2, 0.25) is 5.91 Å². The van der Waals surface area contributed by atoms with Crippen molar-refractivity contribution < 1.29 is 19.5 Å². The largest absolute Gasteiger partial charge is 0.465 e. The van der Waals surface area contributed by atoms with Crippen molar-refractivity contribution in [2.24, 2.45) is 0 Å². The topological polar surface area (TPSA) is 90.0 Å². The van der Waals surface area contributed by atoms with Gasteiger partial charge in [-0.3, -0.25) is 14.5 Å². The molecule has 1 fully saturated rings. The van der Waals surface area contributed by atoms with Crippen molar-refractivity contribution in [2.45, 2.75) is 13.0 Å². The lowest BCUT2D eigenvalue weighted by molar-refractivity contribution is -0.135. The van der Waals surface area contributed by atoms with Crippen molar-refractivity contribution in [3.05, 3.63) is 76.9 Å². The number of carbonyl (C=O) groups excluding carboxylic acids is 2.